The Balaban J connectivity index is 2.44. The SMILES string of the molecule is CN(CCCNC(=O)c1ccccc1SCC(N)=O)CC(F)(F)F. The molecular formula is C15H20F3N3O2S. The van der Waals surface area contributed by atoms with Gasteiger partial charge in [-0.15, -0.1) is 11.8 Å². The fraction of sp³-hybridized carbons (Fsp3) is 0.467. The van der Waals surface area contributed by atoms with Crippen LogP contribution in [0, 0.1) is 0 Å². The van der Waals surface area contributed by atoms with Crippen molar-refractivity contribution >= 4 is 23.6 Å². The Kier molecular flexibility index (Phi) is 8.06. The molecule has 0 aliphatic carbocycles. The van der Waals surface area contributed by atoms with E-state index in [2.05, 4.69) is 5.32 Å². The molecule has 0 unspecified atom stereocenters. The van der Waals surface area contributed by atoms with Crippen molar-refractivity contribution in [2.75, 3.05) is 32.4 Å². The van der Waals surface area contributed by atoms with E-state index in [1.54, 1.807) is 24.3 Å². The van der Waals surface area contributed by atoms with Crippen LogP contribution in [0.2, 0.25) is 0 Å². The highest BCUT2D eigenvalue weighted by Gasteiger charge is 2.28. The number of carbonyl (C=O) groups excluding carboxylic acids is 2. The van der Waals surface area contributed by atoms with Crippen LogP contribution in [0.3, 0.4) is 0 Å². The highest BCUT2D eigenvalue weighted by atomic mass is 32.2. The van der Waals surface area contributed by atoms with Crippen LogP contribution in [0.15, 0.2) is 29.2 Å². The number of alkyl halides is 3. The molecule has 1 rings (SSSR count). The van der Waals surface area contributed by atoms with Gasteiger partial charge in [-0.05, 0) is 32.1 Å². The molecule has 24 heavy (non-hydrogen) atoms. The monoisotopic (exact) mass is 363 g/mol. The topological polar surface area (TPSA) is 75.4 Å². The molecule has 1 aromatic carbocycles. The first kappa shape index (κ1) is 20.3. The van der Waals surface area contributed by atoms with Crippen LogP contribution in [0.5, 0.6) is 0 Å². The van der Waals surface area contributed by atoms with Gasteiger partial charge in [-0.2, -0.15) is 13.2 Å². The van der Waals surface area contributed by atoms with Crippen molar-refractivity contribution in [3.63, 3.8) is 0 Å². The molecule has 0 saturated heterocycles. The summed E-state index contributed by atoms with van der Waals surface area (Å²) in [7, 11) is 1.38. The first-order valence-corrected chi connectivity index (χ1v) is 8.21. The number of halogens is 3. The first-order chi connectivity index (χ1) is 11.2. The minimum Gasteiger partial charge on any atom is -0.369 e. The van der Waals surface area contributed by atoms with E-state index in [1.165, 1.54) is 18.8 Å². The molecule has 134 valence electrons. The molecule has 0 aliphatic rings. The van der Waals surface area contributed by atoms with Crippen LogP contribution in [0.25, 0.3) is 0 Å². The van der Waals surface area contributed by atoms with Crippen molar-refractivity contribution < 1.29 is 22.8 Å². The van der Waals surface area contributed by atoms with Gasteiger partial charge in [0.15, 0.2) is 0 Å². The van der Waals surface area contributed by atoms with Crippen molar-refractivity contribution in [1.82, 2.24) is 10.2 Å². The number of nitrogens with zero attached hydrogens (tertiary/aromatic N) is 1. The Morgan fingerprint density at radius 1 is 1.29 bits per heavy atom. The van der Waals surface area contributed by atoms with Crippen LogP contribution in [0.4, 0.5) is 13.2 Å². The zero-order valence-electron chi connectivity index (χ0n) is 13.2. The normalized spacial score (nSPS) is 11.5. The van der Waals surface area contributed by atoms with E-state index in [-0.39, 0.29) is 24.7 Å². The van der Waals surface area contributed by atoms with Gasteiger partial charge in [0.05, 0.1) is 17.9 Å². The van der Waals surface area contributed by atoms with E-state index >= 15 is 0 Å². The number of benzene rings is 1. The largest absolute Gasteiger partial charge is 0.401 e. The van der Waals surface area contributed by atoms with Crippen molar-refractivity contribution in [3.05, 3.63) is 29.8 Å². The predicted molar refractivity (Wildman–Crippen MR) is 86.9 cm³/mol. The number of carbonyl (C=O) groups is 2. The van der Waals surface area contributed by atoms with Crippen molar-refractivity contribution in [2.24, 2.45) is 5.73 Å². The van der Waals surface area contributed by atoms with Crippen LogP contribution in [-0.4, -0.2) is 55.3 Å². The third-order valence-electron chi connectivity index (χ3n) is 2.95. The first-order valence-electron chi connectivity index (χ1n) is 7.22. The highest BCUT2D eigenvalue weighted by Crippen LogP contribution is 2.22. The second-order valence-corrected chi connectivity index (χ2v) is 6.23. The van der Waals surface area contributed by atoms with Gasteiger partial charge in [-0.3, -0.25) is 14.5 Å². The lowest BCUT2D eigenvalue weighted by molar-refractivity contribution is -0.143. The minimum absolute atomic E-state index is 0.0620. The van der Waals surface area contributed by atoms with E-state index in [9.17, 15) is 22.8 Å². The zero-order valence-corrected chi connectivity index (χ0v) is 14.0. The fourth-order valence-corrected chi connectivity index (χ4v) is 2.75. The summed E-state index contributed by atoms with van der Waals surface area (Å²) < 4.78 is 36.6. The van der Waals surface area contributed by atoms with E-state index in [1.807, 2.05) is 0 Å². The summed E-state index contributed by atoms with van der Waals surface area (Å²) in [5.74, 6) is -0.754. The van der Waals surface area contributed by atoms with Gasteiger partial charge in [-0.1, -0.05) is 12.1 Å². The van der Waals surface area contributed by atoms with Gasteiger partial charge in [0.2, 0.25) is 5.91 Å². The lowest BCUT2D eigenvalue weighted by atomic mass is 10.2. The van der Waals surface area contributed by atoms with E-state index in [0.717, 1.165) is 4.90 Å². The van der Waals surface area contributed by atoms with Crippen LogP contribution >= 0.6 is 11.8 Å². The lowest BCUT2D eigenvalue weighted by Crippen LogP contribution is -2.33. The third-order valence-corrected chi connectivity index (χ3v) is 4.05. The third kappa shape index (κ3) is 8.21. The Hall–Kier alpha value is -1.74. The average molecular weight is 363 g/mol. The quantitative estimate of drug-likeness (QED) is 0.519. The Bertz CT molecular complexity index is 567. The molecule has 0 radical (unpaired) electrons. The number of nitrogens with two attached hydrogens (primary N) is 1. The van der Waals surface area contributed by atoms with Crippen LogP contribution < -0.4 is 11.1 Å². The number of nitrogens with one attached hydrogen (secondary N) is 1. The number of primary amides is 1. The number of thioether (sulfide) groups is 1. The molecule has 3 N–H and O–H groups in total. The summed E-state index contributed by atoms with van der Waals surface area (Å²) >= 11 is 1.17. The number of amides is 2. The summed E-state index contributed by atoms with van der Waals surface area (Å²) in [5, 5.41) is 2.67. The maximum atomic E-state index is 12.2. The number of hydrogen-bond acceptors (Lipinski definition) is 4. The zero-order chi connectivity index (χ0) is 18.2. The molecule has 0 saturated carbocycles. The second kappa shape index (κ2) is 9.53. The molecule has 5 nitrogen and oxygen atoms in total. The molecule has 0 heterocycles. The molecule has 0 bridgehead atoms. The summed E-state index contributed by atoms with van der Waals surface area (Å²) in [6, 6.07) is 6.76. The standard InChI is InChI=1S/C15H20F3N3O2S/c1-21(10-15(16,17)18)8-4-7-20-14(23)11-5-2-3-6-12(11)24-9-13(19)22/h2-3,5-6H,4,7-10H2,1H3,(H2,19,22)(H,20,23). The summed E-state index contributed by atoms with van der Waals surface area (Å²) in [6.07, 6.45) is -3.83. The van der Waals surface area contributed by atoms with Gasteiger partial charge in [0.25, 0.3) is 5.91 Å². The molecule has 2 amide bonds. The van der Waals surface area contributed by atoms with Crippen LogP contribution in [0.1, 0.15) is 16.8 Å². The van der Waals surface area contributed by atoms with E-state index < -0.39 is 18.6 Å². The lowest BCUT2D eigenvalue weighted by Gasteiger charge is -2.18. The average Bonchev–Trinajstić information content (AvgIpc) is 2.47. The smallest absolute Gasteiger partial charge is 0.369 e. The van der Waals surface area contributed by atoms with Gasteiger partial charge >= 0.3 is 6.18 Å². The Labute approximate surface area is 142 Å². The minimum atomic E-state index is -4.23. The van der Waals surface area contributed by atoms with Crippen molar-refractivity contribution in [3.8, 4) is 0 Å². The molecule has 0 fully saturated rings. The molecule has 0 atom stereocenters. The fourth-order valence-electron chi connectivity index (χ4n) is 1.96. The van der Waals surface area contributed by atoms with Crippen molar-refractivity contribution in [2.45, 2.75) is 17.5 Å². The molecule has 9 heteroatoms. The molecule has 1 aromatic rings. The van der Waals surface area contributed by atoms with E-state index in [4.69, 9.17) is 5.73 Å². The maximum Gasteiger partial charge on any atom is 0.401 e. The predicted octanol–water partition coefficient (Wildman–Crippen LogP) is 1.88. The molecule has 0 spiro atoms. The number of rotatable bonds is 9. The Morgan fingerprint density at radius 2 is 1.96 bits per heavy atom. The van der Waals surface area contributed by atoms with Gasteiger partial charge < -0.3 is 11.1 Å². The van der Waals surface area contributed by atoms with Gasteiger partial charge in [-0.25, -0.2) is 0 Å². The van der Waals surface area contributed by atoms with Gasteiger partial charge in [0, 0.05) is 11.4 Å². The summed E-state index contributed by atoms with van der Waals surface area (Å²) in [5.41, 5.74) is 5.50. The van der Waals surface area contributed by atoms with E-state index in [0.29, 0.717) is 16.9 Å². The van der Waals surface area contributed by atoms with Crippen molar-refractivity contribution in [1.29, 1.82) is 0 Å². The molecule has 0 aromatic heterocycles. The molecular weight excluding hydrogens is 343 g/mol. The summed E-state index contributed by atoms with van der Waals surface area (Å²) in [6.45, 7) is -0.499. The van der Waals surface area contributed by atoms with Crippen LogP contribution in [-0.2, 0) is 4.79 Å². The molecule has 0 aliphatic heterocycles. The maximum absolute atomic E-state index is 12.2. The second-order valence-electron chi connectivity index (χ2n) is 5.21. The Morgan fingerprint density at radius 3 is 2.58 bits per heavy atom. The summed E-state index contributed by atoms with van der Waals surface area (Å²) in [4.78, 5) is 24.8. The van der Waals surface area contributed by atoms with Gasteiger partial charge in [0.1, 0.15) is 0 Å². The highest BCUT2D eigenvalue weighted by molar-refractivity contribution is 8.00. The number of hydrogen-bond donors (Lipinski definition) is 2.